The van der Waals surface area contributed by atoms with Crippen LogP contribution in [0.2, 0.25) is 0 Å². The van der Waals surface area contributed by atoms with Crippen LogP contribution in [0.15, 0.2) is 18.3 Å². The highest BCUT2D eigenvalue weighted by Gasteiger charge is 2.19. The molecule has 0 unspecified atom stereocenters. The molecule has 1 aliphatic rings. The Morgan fingerprint density at radius 2 is 2.18 bits per heavy atom. The summed E-state index contributed by atoms with van der Waals surface area (Å²) in [7, 11) is 3.22. The number of aromatic amines is 1. The Morgan fingerprint density at radius 3 is 2.95 bits per heavy atom. The van der Waals surface area contributed by atoms with Crippen LogP contribution in [0.1, 0.15) is 16.8 Å². The topological polar surface area (TPSA) is 63.3 Å². The van der Waals surface area contributed by atoms with Crippen LogP contribution in [-0.2, 0) is 19.5 Å². The van der Waals surface area contributed by atoms with Gasteiger partial charge in [0.25, 0.3) is 0 Å². The molecule has 3 rings (SSSR count). The summed E-state index contributed by atoms with van der Waals surface area (Å²) in [5, 5.41) is 0. The summed E-state index contributed by atoms with van der Waals surface area (Å²) in [5.74, 6) is 1.16. The fraction of sp³-hybridized carbons (Fsp3) is 0.400. The summed E-state index contributed by atoms with van der Waals surface area (Å²) in [6, 6.07) is 3.85. The Morgan fingerprint density at radius 1 is 1.32 bits per heavy atom. The van der Waals surface area contributed by atoms with E-state index < -0.39 is 0 Å². The number of pyridine rings is 1. The average molecular weight is 318 g/mol. The molecular formula is C15H18N4O2S. The van der Waals surface area contributed by atoms with Gasteiger partial charge < -0.3 is 14.5 Å². The minimum Gasteiger partial charge on any atom is -0.481 e. The predicted molar refractivity (Wildman–Crippen MR) is 84.6 cm³/mol. The zero-order valence-corrected chi connectivity index (χ0v) is 13.4. The minimum absolute atomic E-state index is 0.532. The maximum Gasteiger partial charge on any atom is 0.220 e. The van der Waals surface area contributed by atoms with E-state index in [-0.39, 0.29) is 0 Å². The summed E-state index contributed by atoms with van der Waals surface area (Å²) in [5.41, 5.74) is 3.43. The number of methoxy groups -OCH3 is 2. The van der Waals surface area contributed by atoms with E-state index in [4.69, 9.17) is 21.7 Å². The van der Waals surface area contributed by atoms with Crippen molar-refractivity contribution < 1.29 is 9.47 Å². The number of fused-ring (bicyclic) bond motifs is 1. The number of hydrogen-bond acceptors (Lipinski definition) is 6. The quantitative estimate of drug-likeness (QED) is 0.871. The highest BCUT2D eigenvalue weighted by atomic mass is 32.1. The van der Waals surface area contributed by atoms with Crippen molar-refractivity contribution in [3.8, 4) is 11.8 Å². The van der Waals surface area contributed by atoms with Gasteiger partial charge in [-0.2, -0.15) is 4.98 Å². The molecule has 0 saturated heterocycles. The van der Waals surface area contributed by atoms with E-state index in [9.17, 15) is 0 Å². The van der Waals surface area contributed by atoms with E-state index in [2.05, 4.69) is 19.9 Å². The van der Waals surface area contributed by atoms with Gasteiger partial charge in [0.05, 0.1) is 14.2 Å². The summed E-state index contributed by atoms with van der Waals surface area (Å²) in [6.07, 6.45) is 2.83. The molecule has 7 heteroatoms. The first-order valence-electron chi connectivity index (χ1n) is 7.07. The fourth-order valence-corrected chi connectivity index (χ4v) is 2.81. The van der Waals surface area contributed by atoms with Crippen LogP contribution in [0.4, 0.5) is 0 Å². The first-order chi connectivity index (χ1) is 10.7. The first-order valence-corrected chi connectivity index (χ1v) is 7.47. The largest absolute Gasteiger partial charge is 0.481 e. The highest BCUT2D eigenvalue weighted by Crippen LogP contribution is 2.24. The summed E-state index contributed by atoms with van der Waals surface area (Å²) in [4.78, 5) is 14.0. The number of nitrogens with one attached hydrogen (secondary N) is 1. The molecule has 0 fully saturated rings. The monoisotopic (exact) mass is 318 g/mol. The second-order valence-corrected chi connectivity index (χ2v) is 5.56. The van der Waals surface area contributed by atoms with Gasteiger partial charge in [-0.05, 0) is 30.3 Å². The number of hydrogen-bond donors (Lipinski definition) is 1. The van der Waals surface area contributed by atoms with Gasteiger partial charge in [0, 0.05) is 43.2 Å². The van der Waals surface area contributed by atoms with Gasteiger partial charge in [-0.15, -0.1) is 0 Å². The molecule has 0 amide bonds. The van der Waals surface area contributed by atoms with Gasteiger partial charge in [-0.1, -0.05) is 0 Å². The summed E-state index contributed by atoms with van der Waals surface area (Å²) in [6.45, 7) is 2.55. The SMILES string of the molecule is COc1ccc(CN2CCc3cnc(=S)[nH]c3C2)c(OC)n1. The van der Waals surface area contributed by atoms with E-state index in [1.165, 1.54) is 5.56 Å². The van der Waals surface area contributed by atoms with Gasteiger partial charge >= 0.3 is 0 Å². The molecule has 2 aromatic heterocycles. The van der Waals surface area contributed by atoms with E-state index in [1.807, 2.05) is 18.3 Å². The van der Waals surface area contributed by atoms with Gasteiger partial charge in [0.1, 0.15) is 0 Å². The molecule has 1 aliphatic heterocycles. The molecule has 1 N–H and O–H groups in total. The van der Waals surface area contributed by atoms with Crippen molar-refractivity contribution >= 4 is 12.2 Å². The van der Waals surface area contributed by atoms with Crippen LogP contribution in [0.3, 0.4) is 0 Å². The number of aromatic nitrogens is 3. The molecule has 0 spiro atoms. The number of H-pyrrole nitrogens is 1. The average Bonchev–Trinajstić information content (AvgIpc) is 2.54. The van der Waals surface area contributed by atoms with E-state index in [0.29, 0.717) is 16.5 Å². The smallest absolute Gasteiger partial charge is 0.220 e. The third kappa shape index (κ3) is 3.10. The lowest BCUT2D eigenvalue weighted by Gasteiger charge is -2.28. The van der Waals surface area contributed by atoms with Gasteiger partial charge in [0.2, 0.25) is 11.8 Å². The Balaban J connectivity index is 1.78. The third-order valence-electron chi connectivity index (χ3n) is 3.77. The van der Waals surface area contributed by atoms with E-state index in [1.54, 1.807) is 14.2 Å². The van der Waals surface area contributed by atoms with Crippen LogP contribution in [0.25, 0.3) is 0 Å². The van der Waals surface area contributed by atoms with Crippen molar-refractivity contribution in [1.82, 2.24) is 19.9 Å². The Bertz CT molecular complexity index is 732. The number of nitrogens with zero attached hydrogens (tertiary/aromatic N) is 3. The molecule has 0 bridgehead atoms. The number of ether oxygens (including phenoxy) is 2. The second-order valence-electron chi connectivity index (χ2n) is 5.17. The van der Waals surface area contributed by atoms with E-state index in [0.717, 1.165) is 37.3 Å². The van der Waals surface area contributed by atoms with Crippen molar-refractivity contribution in [2.75, 3.05) is 20.8 Å². The number of rotatable bonds is 4. The van der Waals surface area contributed by atoms with E-state index >= 15 is 0 Å². The molecule has 0 aromatic carbocycles. The van der Waals surface area contributed by atoms with Gasteiger partial charge in [-0.3, -0.25) is 4.90 Å². The van der Waals surface area contributed by atoms with Crippen molar-refractivity contribution in [2.45, 2.75) is 19.5 Å². The van der Waals surface area contributed by atoms with Crippen LogP contribution in [-0.4, -0.2) is 40.6 Å². The normalized spacial score (nSPS) is 14.5. The molecule has 22 heavy (non-hydrogen) atoms. The Kier molecular flexibility index (Phi) is 4.35. The standard InChI is InChI=1S/C15H18N4O2S/c1-20-13-4-3-11(14(18-13)21-2)8-19-6-5-10-7-16-15(22)17-12(10)9-19/h3-4,7H,5-6,8-9H2,1-2H3,(H,16,17,22). The molecule has 0 atom stereocenters. The van der Waals surface area contributed by atoms with Crippen molar-refractivity contribution in [3.05, 3.63) is 39.9 Å². The summed E-state index contributed by atoms with van der Waals surface area (Å²) >= 11 is 5.10. The molecule has 2 aromatic rings. The van der Waals surface area contributed by atoms with Crippen LogP contribution in [0.5, 0.6) is 11.8 Å². The van der Waals surface area contributed by atoms with Crippen molar-refractivity contribution in [1.29, 1.82) is 0 Å². The molecule has 3 heterocycles. The second kappa shape index (κ2) is 6.41. The Hall–Kier alpha value is -1.99. The van der Waals surface area contributed by atoms with Crippen molar-refractivity contribution in [3.63, 3.8) is 0 Å². The molecule has 116 valence electrons. The van der Waals surface area contributed by atoms with Crippen molar-refractivity contribution in [2.24, 2.45) is 0 Å². The fourth-order valence-electron chi connectivity index (χ4n) is 2.63. The lowest BCUT2D eigenvalue weighted by Crippen LogP contribution is -2.31. The minimum atomic E-state index is 0.532. The molecule has 0 saturated carbocycles. The van der Waals surface area contributed by atoms with Crippen LogP contribution >= 0.6 is 12.2 Å². The molecule has 0 aliphatic carbocycles. The van der Waals surface area contributed by atoms with Crippen LogP contribution < -0.4 is 9.47 Å². The summed E-state index contributed by atoms with van der Waals surface area (Å²) < 4.78 is 11.0. The third-order valence-corrected chi connectivity index (χ3v) is 3.98. The molecular weight excluding hydrogens is 300 g/mol. The molecule has 6 nitrogen and oxygen atoms in total. The predicted octanol–water partition coefficient (Wildman–Crippen LogP) is 2.11. The lowest BCUT2D eigenvalue weighted by molar-refractivity contribution is 0.235. The zero-order chi connectivity index (χ0) is 15.5. The van der Waals surface area contributed by atoms with Crippen LogP contribution in [0, 0.1) is 4.77 Å². The Labute approximate surface area is 134 Å². The maximum atomic E-state index is 5.37. The first kappa shape index (κ1) is 14.9. The van der Waals surface area contributed by atoms with Gasteiger partial charge in [0.15, 0.2) is 4.77 Å². The zero-order valence-electron chi connectivity index (χ0n) is 12.6. The lowest BCUT2D eigenvalue weighted by atomic mass is 10.1. The van der Waals surface area contributed by atoms with Gasteiger partial charge in [-0.25, -0.2) is 4.98 Å². The molecule has 0 radical (unpaired) electrons. The maximum absolute atomic E-state index is 5.37. The highest BCUT2D eigenvalue weighted by molar-refractivity contribution is 7.71.